The average Bonchev–Trinajstić information content (AvgIpc) is 3.67. The van der Waals surface area contributed by atoms with Crippen LogP contribution in [0.5, 0.6) is 5.75 Å². The molecule has 3 heterocycles. The number of hydrogen-bond donors (Lipinski definition) is 3. The van der Waals surface area contributed by atoms with E-state index in [1.165, 1.54) is 30.3 Å². The molecule has 1 aliphatic heterocycles. The number of carbonyl (C=O) groups is 1. The molecule has 2 unspecified atom stereocenters. The molecule has 44 heavy (non-hydrogen) atoms. The van der Waals surface area contributed by atoms with Gasteiger partial charge in [-0.2, -0.15) is 9.97 Å². The largest absolute Gasteiger partial charge is 0.496 e. The molecular weight excluding hydrogens is 572 g/mol. The average molecular weight is 615 g/mol. The van der Waals surface area contributed by atoms with Gasteiger partial charge in [-0.25, -0.2) is 4.98 Å². The summed E-state index contributed by atoms with van der Waals surface area (Å²) in [5.41, 5.74) is 6.86. The highest BCUT2D eigenvalue weighted by molar-refractivity contribution is 7.16. The lowest BCUT2D eigenvalue weighted by Crippen LogP contribution is -2.41. The van der Waals surface area contributed by atoms with Crippen molar-refractivity contribution in [3.8, 4) is 5.75 Å². The molecule has 2 aromatic heterocycles. The van der Waals surface area contributed by atoms with Gasteiger partial charge in [0, 0.05) is 24.5 Å². The zero-order chi connectivity index (χ0) is 31.2. The molecule has 9 nitrogen and oxygen atoms in total. The van der Waals surface area contributed by atoms with Gasteiger partial charge in [-0.3, -0.25) is 4.79 Å². The second-order valence-electron chi connectivity index (χ2n) is 11.6. The Morgan fingerprint density at radius 2 is 1.98 bits per heavy atom. The summed E-state index contributed by atoms with van der Waals surface area (Å²) in [6, 6.07) is 11.5. The standard InChI is InChI=1S/C30H34N6O3S.C4H8/c1-5-19-15-22(10-12-25(19)39-4)32-27-26-29(40-17-31-26)35-30(34-27)36-13-7-8-20(16-36)28(38)33-21-9-11-23(18(3)14-21)24(37)6-2;1-4-2-3-4/h6,9-12,14-15,17,20,24,37H,2,5,7-8,13,16H2,1,3-4H3,(H,33,38)(H,32,34,35);4H,2-3H2,1H3. The highest BCUT2D eigenvalue weighted by Gasteiger charge is 2.28. The maximum absolute atomic E-state index is 13.2. The Bertz CT molecular complexity index is 1620. The van der Waals surface area contributed by atoms with Gasteiger partial charge in [-0.1, -0.05) is 38.8 Å². The predicted molar refractivity (Wildman–Crippen MR) is 179 cm³/mol. The fourth-order valence-electron chi connectivity index (χ4n) is 5.24. The second kappa shape index (κ2) is 14.2. The number of ether oxygens (including phenoxy) is 1. The first-order valence-electron chi connectivity index (χ1n) is 15.3. The lowest BCUT2D eigenvalue weighted by molar-refractivity contribution is -0.120. The number of aliphatic hydroxyl groups excluding tert-OH is 1. The number of amides is 1. The van der Waals surface area contributed by atoms with E-state index in [9.17, 15) is 9.90 Å². The number of fused-ring (bicyclic) bond motifs is 1. The highest BCUT2D eigenvalue weighted by Crippen LogP contribution is 2.32. The molecule has 2 fully saturated rings. The van der Waals surface area contributed by atoms with Crippen LogP contribution in [0.1, 0.15) is 62.3 Å². The van der Waals surface area contributed by atoms with Crippen LogP contribution in [0.2, 0.25) is 0 Å². The second-order valence-corrected chi connectivity index (χ2v) is 12.4. The minimum atomic E-state index is -0.731. The molecule has 0 bridgehead atoms. The van der Waals surface area contributed by atoms with E-state index in [-0.39, 0.29) is 11.8 Å². The van der Waals surface area contributed by atoms with Crippen molar-refractivity contribution in [1.82, 2.24) is 15.0 Å². The van der Waals surface area contributed by atoms with Gasteiger partial charge in [-0.15, -0.1) is 17.9 Å². The summed E-state index contributed by atoms with van der Waals surface area (Å²) in [5, 5.41) is 16.6. The summed E-state index contributed by atoms with van der Waals surface area (Å²) < 4.78 is 5.47. The van der Waals surface area contributed by atoms with Crippen LogP contribution in [0.15, 0.2) is 54.6 Å². The van der Waals surface area contributed by atoms with Crippen molar-refractivity contribution in [1.29, 1.82) is 0 Å². The molecule has 4 aromatic rings. The van der Waals surface area contributed by atoms with Crippen molar-refractivity contribution in [3.05, 3.63) is 71.3 Å². The molecule has 2 atom stereocenters. The van der Waals surface area contributed by atoms with Crippen LogP contribution in [0.25, 0.3) is 10.3 Å². The SMILES string of the molecule is C=CC(O)c1ccc(NC(=O)C2CCCN(c3nc(Nc4ccc(OC)c(CC)c4)c4ncsc4n3)C2)cc1C.CC1CC1. The number of aliphatic hydroxyl groups is 1. The fourth-order valence-corrected chi connectivity index (χ4v) is 5.90. The van der Waals surface area contributed by atoms with Gasteiger partial charge in [0.2, 0.25) is 11.9 Å². The number of benzene rings is 2. The normalized spacial score (nSPS) is 16.9. The van der Waals surface area contributed by atoms with E-state index in [0.717, 1.165) is 64.7 Å². The van der Waals surface area contributed by atoms with Crippen molar-refractivity contribution < 1.29 is 14.6 Å². The first kappa shape index (κ1) is 31.4. The minimum absolute atomic E-state index is 0.0383. The Morgan fingerprint density at radius 1 is 1.20 bits per heavy atom. The maximum Gasteiger partial charge on any atom is 0.229 e. The van der Waals surface area contributed by atoms with E-state index in [1.54, 1.807) is 12.6 Å². The number of aryl methyl sites for hydroxylation is 2. The summed E-state index contributed by atoms with van der Waals surface area (Å²) >= 11 is 1.47. The smallest absolute Gasteiger partial charge is 0.229 e. The van der Waals surface area contributed by atoms with Crippen LogP contribution in [0, 0.1) is 18.8 Å². The van der Waals surface area contributed by atoms with Gasteiger partial charge in [0.05, 0.1) is 24.6 Å². The summed E-state index contributed by atoms with van der Waals surface area (Å²) in [6.45, 7) is 11.2. The molecule has 1 saturated carbocycles. The van der Waals surface area contributed by atoms with E-state index in [1.807, 2.05) is 37.3 Å². The van der Waals surface area contributed by atoms with Crippen LogP contribution < -0.4 is 20.3 Å². The van der Waals surface area contributed by atoms with Crippen LogP contribution in [-0.2, 0) is 11.2 Å². The molecule has 2 aromatic carbocycles. The number of carbonyl (C=O) groups excluding carboxylic acids is 1. The molecular formula is C34H42N6O3S. The van der Waals surface area contributed by atoms with Gasteiger partial charge >= 0.3 is 0 Å². The number of aromatic nitrogens is 3. The summed E-state index contributed by atoms with van der Waals surface area (Å²) in [4.78, 5) is 30.3. The van der Waals surface area contributed by atoms with Crippen molar-refractivity contribution in [2.75, 3.05) is 35.7 Å². The van der Waals surface area contributed by atoms with Gasteiger partial charge < -0.3 is 25.4 Å². The van der Waals surface area contributed by atoms with Gasteiger partial charge in [-0.05, 0) is 79.1 Å². The van der Waals surface area contributed by atoms with E-state index in [4.69, 9.17) is 14.7 Å². The summed E-state index contributed by atoms with van der Waals surface area (Å²) in [5.74, 6) is 2.91. The Morgan fingerprint density at radius 3 is 2.66 bits per heavy atom. The third-order valence-electron chi connectivity index (χ3n) is 8.13. The van der Waals surface area contributed by atoms with Gasteiger partial charge in [0.25, 0.3) is 0 Å². The molecule has 0 spiro atoms. The monoisotopic (exact) mass is 614 g/mol. The zero-order valence-electron chi connectivity index (χ0n) is 26.0. The van der Waals surface area contributed by atoms with Crippen molar-refractivity contribution in [3.63, 3.8) is 0 Å². The third kappa shape index (κ3) is 7.54. The predicted octanol–water partition coefficient (Wildman–Crippen LogP) is 7.20. The van der Waals surface area contributed by atoms with Crippen molar-refractivity contribution >= 4 is 50.7 Å². The molecule has 6 rings (SSSR count). The topological polar surface area (TPSA) is 113 Å². The lowest BCUT2D eigenvalue weighted by atomic mass is 9.97. The minimum Gasteiger partial charge on any atom is -0.496 e. The highest BCUT2D eigenvalue weighted by atomic mass is 32.1. The number of piperidine rings is 1. The maximum atomic E-state index is 13.2. The van der Waals surface area contributed by atoms with E-state index < -0.39 is 6.10 Å². The Balaban J connectivity index is 0.000000888. The van der Waals surface area contributed by atoms with Gasteiger partial charge in [0.1, 0.15) is 11.3 Å². The van der Waals surface area contributed by atoms with E-state index >= 15 is 0 Å². The number of anilines is 4. The molecule has 2 aliphatic rings. The number of nitrogens with zero attached hydrogens (tertiary/aromatic N) is 4. The first-order valence-corrected chi connectivity index (χ1v) is 16.2. The van der Waals surface area contributed by atoms with Crippen LogP contribution in [0.3, 0.4) is 0 Å². The van der Waals surface area contributed by atoms with Crippen LogP contribution in [-0.4, -0.2) is 46.2 Å². The quantitative estimate of drug-likeness (QED) is 0.170. The Hall–Kier alpha value is -4.02. The zero-order valence-corrected chi connectivity index (χ0v) is 26.8. The summed E-state index contributed by atoms with van der Waals surface area (Å²) in [6.07, 6.45) is 6.21. The Labute approximate surface area is 263 Å². The van der Waals surface area contributed by atoms with Crippen LogP contribution in [0.4, 0.5) is 23.1 Å². The molecule has 0 radical (unpaired) electrons. The number of thiazole rings is 1. The number of rotatable bonds is 9. The van der Waals surface area contributed by atoms with Gasteiger partial charge in [0.15, 0.2) is 10.6 Å². The van der Waals surface area contributed by atoms with E-state index in [0.29, 0.717) is 29.5 Å². The fraction of sp³-hybridized carbons (Fsp3) is 0.412. The molecule has 1 saturated heterocycles. The van der Waals surface area contributed by atoms with Crippen LogP contribution >= 0.6 is 11.3 Å². The first-order chi connectivity index (χ1) is 21.3. The molecule has 10 heteroatoms. The number of nitrogens with one attached hydrogen (secondary N) is 2. The number of methoxy groups -OCH3 is 1. The molecule has 232 valence electrons. The summed E-state index contributed by atoms with van der Waals surface area (Å²) in [7, 11) is 1.68. The van der Waals surface area contributed by atoms with Crippen molar-refractivity contribution in [2.45, 2.75) is 59.0 Å². The Kier molecular flexibility index (Phi) is 10.1. The van der Waals surface area contributed by atoms with E-state index in [2.05, 4.69) is 47.0 Å². The molecule has 1 aliphatic carbocycles. The number of hydrogen-bond acceptors (Lipinski definition) is 9. The lowest BCUT2D eigenvalue weighted by Gasteiger charge is -2.32. The molecule has 1 amide bonds. The molecule has 3 N–H and O–H groups in total. The third-order valence-corrected chi connectivity index (χ3v) is 8.85. The van der Waals surface area contributed by atoms with Crippen molar-refractivity contribution in [2.24, 2.45) is 11.8 Å².